The van der Waals surface area contributed by atoms with E-state index in [9.17, 15) is 14.9 Å². The summed E-state index contributed by atoms with van der Waals surface area (Å²) in [5, 5.41) is 13.4. The van der Waals surface area contributed by atoms with Crippen LogP contribution in [0.25, 0.3) is 0 Å². The van der Waals surface area contributed by atoms with Gasteiger partial charge in [-0.25, -0.2) is 0 Å². The van der Waals surface area contributed by atoms with Gasteiger partial charge in [-0.2, -0.15) is 0 Å². The Morgan fingerprint density at radius 3 is 2.71 bits per heavy atom. The lowest BCUT2D eigenvalue weighted by Gasteiger charge is -2.12. The molecule has 2 rings (SSSR count). The van der Waals surface area contributed by atoms with Crippen LogP contribution in [0.1, 0.15) is 30.1 Å². The van der Waals surface area contributed by atoms with Gasteiger partial charge < -0.3 is 11.1 Å². The van der Waals surface area contributed by atoms with Crippen LogP contribution in [0.15, 0.2) is 18.2 Å². The van der Waals surface area contributed by atoms with Gasteiger partial charge in [-0.3, -0.25) is 14.9 Å². The van der Waals surface area contributed by atoms with Crippen molar-refractivity contribution >= 4 is 17.3 Å². The second-order valence-electron chi connectivity index (χ2n) is 4.54. The van der Waals surface area contributed by atoms with E-state index in [1.807, 2.05) is 6.92 Å². The van der Waals surface area contributed by atoms with Crippen LogP contribution in [0.2, 0.25) is 0 Å². The van der Waals surface area contributed by atoms with Crippen LogP contribution in [0.4, 0.5) is 11.4 Å². The highest BCUT2D eigenvalue weighted by Crippen LogP contribution is 2.35. The number of nitrogens with zero attached hydrogens (tertiary/aromatic N) is 1. The fourth-order valence-electron chi connectivity index (χ4n) is 1.51. The van der Waals surface area contributed by atoms with Crippen LogP contribution in [0, 0.1) is 10.1 Å². The second-order valence-corrected chi connectivity index (χ2v) is 4.54. The van der Waals surface area contributed by atoms with E-state index in [0.717, 1.165) is 12.8 Å². The van der Waals surface area contributed by atoms with Crippen LogP contribution < -0.4 is 11.1 Å². The number of benzene rings is 1. The summed E-state index contributed by atoms with van der Waals surface area (Å²) in [6, 6.07) is 3.86. The number of carbonyl (C=O) groups excluding carboxylic acids is 1. The molecule has 0 atom stereocenters. The number of anilines is 1. The molecule has 1 aliphatic carbocycles. The number of nitrogens with one attached hydrogen (secondary N) is 1. The zero-order chi connectivity index (χ0) is 12.6. The molecule has 1 aromatic carbocycles. The minimum atomic E-state index is -0.547. The summed E-state index contributed by atoms with van der Waals surface area (Å²) in [5.41, 5.74) is 5.75. The monoisotopic (exact) mass is 235 g/mol. The van der Waals surface area contributed by atoms with Crippen molar-refractivity contribution in [1.82, 2.24) is 5.32 Å². The SMILES string of the molecule is CC1(NC(=O)c2cc([N+](=O)[O-])ccc2N)CC1. The summed E-state index contributed by atoms with van der Waals surface area (Å²) < 4.78 is 0. The molecule has 17 heavy (non-hydrogen) atoms. The van der Waals surface area contributed by atoms with Gasteiger partial charge in [0.2, 0.25) is 0 Å². The van der Waals surface area contributed by atoms with Crippen LogP contribution in [-0.2, 0) is 0 Å². The predicted molar refractivity (Wildman–Crippen MR) is 62.6 cm³/mol. The molecule has 1 fully saturated rings. The Bertz CT molecular complexity index is 495. The number of nitrogen functional groups attached to an aromatic ring is 1. The number of nitro benzene ring substituents is 1. The molecule has 0 radical (unpaired) electrons. The van der Waals surface area contributed by atoms with Gasteiger partial charge in [0.25, 0.3) is 11.6 Å². The van der Waals surface area contributed by atoms with Gasteiger partial charge in [0, 0.05) is 23.4 Å². The maximum Gasteiger partial charge on any atom is 0.270 e. The van der Waals surface area contributed by atoms with Crippen LogP contribution in [-0.4, -0.2) is 16.4 Å². The van der Waals surface area contributed by atoms with Gasteiger partial charge in [0.15, 0.2) is 0 Å². The molecule has 1 aromatic rings. The first-order valence-corrected chi connectivity index (χ1v) is 5.28. The Morgan fingerprint density at radius 1 is 1.53 bits per heavy atom. The summed E-state index contributed by atoms with van der Waals surface area (Å²) in [4.78, 5) is 22.0. The third kappa shape index (κ3) is 2.35. The number of hydrogen-bond donors (Lipinski definition) is 2. The fraction of sp³-hybridized carbons (Fsp3) is 0.364. The Kier molecular flexibility index (Phi) is 2.49. The maximum absolute atomic E-state index is 11.9. The van der Waals surface area contributed by atoms with E-state index in [-0.39, 0.29) is 28.4 Å². The Balaban J connectivity index is 2.27. The van der Waals surface area contributed by atoms with Crippen molar-refractivity contribution in [3.8, 4) is 0 Å². The Hall–Kier alpha value is -2.11. The molecule has 0 heterocycles. The number of carbonyl (C=O) groups is 1. The second kappa shape index (κ2) is 3.73. The zero-order valence-electron chi connectivity index (χ0n) is 9.40. The molecule has 0 aliphatic heterocycles. The van der Waals surface area contributed by atoms with E-state index >= 15 is 0 Å². The van der Waals surface area contributed by atoms with Crippen molar-refractivity contribution in [2.24, 2.45) is 0 Å². The van der Waals surface area contributed by atoms with E-state index in [2.05, 4.69) is 5.32 Å². The molecule has 1 aliphatic rings. The molecule has 0 saturated heterocycles. The highest BCUT2D eigenvalue weighted by Gasteiger charge is 2.39. The van der Waals surface area contributed by atoms with E-state index in [0.29, 0.717) is 0 Å². The molecule has 0 bridgehead atoms. The van der Waals surface area contributed by atoms with Crippen LogP contribution >= 0.6 is 0 Å². The number of nitrogens with two attached hydrogens (primary N) is 1. The van der Waals surface area contributed by atoms with E-state index in [1.54, 1.807) is 0 Å². The fourth-order valence-corrected chi connectivity index (χ4v) is 1.51. The number of non-ortho nitro benzene ring substituents is 1. The first-order valence-electron chi connectivity index (χ1n) is 5.28. The Morgan fingerprint density at radius 2 is 2.18 bits per heavy atom. The van der Waals surface area contributed by atoms with Crippen molar-refractivity contribution in [3.63, 3.8) is 0 Å². The molecular weight excluding hydrogens is 222 g/mol. The van der Waals surface area contributed by atoms with Gasteiger partial charge in [-0.1, -0.05) is 0 Å². The number of nitro groups is 1. The highest BCUT2D eigenvalue weighted by atomic mass is 16.6. The van der Waals surface area contributed by atoms with Gasteiger partial charge in [0.05, 0.1) is 10.5 Å². The largest absolute Gasteiger partial charge is 0.398 e. The standard InChI is InChI=1S/C11H13N3O3/c1-11(4-5-11)13-10(15)8-6-7(14(16)17)2-3-9(8)12/h2-3,6H,4-5,12H2,1H3,(H,13,15). The van der Waals surface area contributed by atoms with Crippen molar-refractivity contribution in [2.45, 2.75) is 25.3 Å². The minimum Gasteiger partial charge on any atom is -0.398 e. The number of hydrogen-bond acceptors (Lipinski definition) is 4. The summed E-state index contributed by atoms with van der Waals surface area (Å²) in [5.74, 6) is -0.355. The third-order valence-electron chi connectivity index (χ3n) is 2.91. The molecular formula is C11H13N3O3. The molecule has 0 unspecified atom stereocenters. The first kappa shape index (κ1) is 11.4. The highest BCUT2D eigenvalue weighted by molar-refractivity contribution is 6.00. The molecule has 1 amide bonds. The summed E-state index contributed by atoms with van der Waals surface area (Å²) in [7, 11) is 0. The molecule has 6 nitrogen and oxygen atoms in total. The average molecular weight is 235 g/mol. The van der Waals surface area contributed by atoms with E-state index < -0.39 is 4.92 Å². The lowest BCUT2D eigenvalue weighted by molar-refractivity contribution is -0.384. The van der Waals surface area contributed by atoms with E-state index in [4.69, 9.17) is 5.73 Å². The lowest BCUT2D eigenvalue weighted by atomic mass is 10.1. The van der Waals surface area contributed by atoms with Crippen molar-refractivity contribution in [1.29, 1.82) is 0 Å². The summed E-state index contributed by atoms with van der Waals surface area (Å²) in [6.07, 6.45) is 1.85. The summed E-state index contributed by atoms with van der Waals surface area (Å²) in [6.45, 7) is 1.93. The smallest absolute Gasteiger partial charge is 0.270 e. The molecule has 3 N–H and O–H groups in total. The molecule has 0 spiro atoms. The van der Waals surface area contributed by atoms with Crippen LogP contribution in [0.3, 0.4) is 0 Å². The van der Waals surface area contributed by atoms with Gasteiger partial charge in [-0.05, 0) is 25.8 Å². The lowest BCUT2D eigenvalue weighted by Crippen LogP contribution is -2.34. The van der Waals surface area contributed by atoms with Gasteiger partial charge in [0.1, 0.15) is 0 Å². The quantitative estimate of drug-likeness (QED) is 0.470. The number of amides is 1. The van der Waals surface area contributed by atoms with Crippen molar-refractivity contribution < 1.29 is 9.72 Å². The average Bonchev–Trinajstić information content (AvgIpc) is 2.96. The van der Waals surface area contributed by atoms with E-state index in [1.165, 1.54) is 18.2 Å². The van der Waals surface area contributed by atoms with Crippen LogP contribution in [0.5, 0.6) is 0 Å². The topological polar surface area (TPSA) is 98.3 Å². The van der Waals surface area contributed by atoms with Crippen molar-refractivity contribution in [2.75, 3.05) is 5.73 Å². The molecule has 90 valence electrons. The number of rotatable bonds is 3. The zero-order valence-corrected chi connectivity index (χ0v) is 9.40. The van der Waals surface area contributed by atoms with Gasteiger partial charge in [-0.15, -0.1) is 0 Å². The third-order valence-corrected chi connectivity index (χ3v) is 2.91. The predicted octanol–water partition coefficient (Wildman–Crippen LogP) is 1.46. The maximum atomic E-state index is 11.9. The first-order chi connectivity index (χ1) is 7.91. The minimum absolute atomic E-state index is 0.134. The van der Waals surface area contributed by atoms with Crippen molar-refractivity contribution in [3.05, 3.63) is 33.9 Å². The molecule has 6 heteroatoms. The van der Waals surface area contributed by atoms with Gasteiger partial charge >= 0.3 is 0 Å². The molecule has 0 aromatic heterocycles. The Labute approximate surface area is 98.0 Å². The summed E-state index contributed by atoms with van der Waals surface area (Å²) >= 11 is 0. The normalized spacial score (nSPS) is 16.3. The molecule has 1 saturated carbocycles.